The van der Waals surface area contributed by atoms with Crippen molar-refractivity contribution in [1.82, 2.24) is 14.4 Å². The maximum Gasteiger partial charge on any atom is 0.275 e. The second-order valence-corrected chi connectivity index (χ2v) is 5.22. The van der Waals surface area contributed by atoms with E-state index in [1.54, 1.807) is 23.7 Å². The lowest BCUT2D eigenvalue weighted by atomic mass is 10.3. The summed E-state index contributed by atoms with van der Waals surface area (Å²) in [6, 6.07) is 7.38. The van der Waals surface area contributed by atoms with Crippen molar-refractivity contribution in [2.24, 2.45) is 0 Å². The summed E-state index contributed by atoms with van der Waals surface area (Å²) < 4.78 is 7.32. The van der Waals surface area contributed by atoms with Crippen molar-refractivity contribution in [3.05, 3.63) is 53.6 Å². The predicted octanol–water partition coefficient (Wildman–Crippen LogP) is 3.00. The first-order chi connectivity index (χ1) is 11.1. The lowest BCUT2D eigenvalue weighted by Gasteiger charge is -2.07. The quantitative estimate of drug-likeness (QED) is 0.804. The molecule has 6 nitrogen and oxygen atoms in total. The van der Waals surface area contributed by atoms with Crippen LogP contribution in [0.1, 0.15) is 28.7 Å². The zero-order valence-electron chi connectivity index (χ0n) is 13.3. The smallest absolute Gasteiger partial charge is 0.275 e. The summed E-state index contributed by atoms with van der Waals surface area (Å²) in [4.78, 5) is 21.3. The fraction of sp³-hybridized carbons (Fsp3) is 0.235. The van der Waals surface area contributed by atoms with Crippen LogP contribution in [0.15, 0.2) is 36.7 Å². The molecule has 3 heterocycles. The van der Waals surface area contributed by atoms with Gasteiger partial charge in [-0.25, -0.2) is 9.97 Å². The van der Waals surface area contributed by atoms with Crippen molar-refractivity contribution < 1.29 is 9.53 Å². The van der Waals surface area contributed by atoms with Crippen LogP contribution in [0.2, 0.25) is 0 Å². The van der Waals surface area contributed by atoms with Gasteiger partial charge >= 0.3 is 0 Å². The molecule has 0 radical (unpaired) electrons. The number of ether oxygens (including phenoxy) is 1. The highest BCUT2D eigenvalue weighted by Gasteiger charge is 2.19. The monoisotopic (exact) mass is 310 g/mol. The minimum atomic E-state index is -0.248. The van der Waals surface area contributed by atoms with Crippen molar-refractivity contribution in [2.75, 3.05) is 11.9 Å². The van der Waals surface area contributed by atoms with Crippen molar-refractivity contribution in [2.45, 2.75) is 20.8 Å². The van der Waals surface area contributed by atoms with Gasteiger partial charge in [0.05, 0.1) is 12.3 Å². The van der Waals surface area contributed by atoms with E-state index in [0.29, 0.717) is 35.2 Å². The molecule has 3 aromatic rings. The number of hydrogen-bond acceptors (Lipinski definition) is 4. The van der Waals surface area contributed by atoms with Crippen LogP contribution in [-0.2, 0) is 0 Å². The van der Waals surface area contributed by atoms with Gasteiger partial charge in [0.1, 0.15) is 11.5 Å². The van der Waals surface area contributed by atoms with Gasteiger partial charge in [0.2, 0.25) is 0 Å². The van der Waals surface area contributed by atoms with E-state index in [9.17, 15) is 4.79 Å². The summed E-state index contributed by atoms with van der Waals surface area (Å²) in [6.45, 7) is 6.21. The Bertz CT molecular complexity index is 870. The average molecular weight is 310 g/mol. The number of hydrogen-bond donors (Lipinski definition) is 1. The molecule has 0 spiro atoms. The Balaban J connectivity index is 2.00. The van der Waals surface area contributed by atoms with Gasteiger partial charge in [-0.1, -0.05) is 0 Å². The molecule has 0 atom stereocenters. The average Bonchev–Trinajstić information content (AvgIpc) is 2.84. The SMILES string of the molecule is CCOc1cccn2c(C(=O)Nc3cc(C)ccn3)c(C)nc12. The number of carbonyl (C=O) groups is 1. The van der Waals surface area contributed by atoms with Crippen LogP contribution in [0.4, 0.5) is 5.82 Å². The van der Waals surface area contributed by atoms with Gasteiger partial charge in [-0.3, -0.25) is 9.20 Å². The molecule has 0 aliphatic heterocycles. The predicted molar refractivity (Wildman–Crippen MR) is 88.0 cm³/mol. The van der Waals surface area contributed by atoms with Gasteiger partial charge in [-0.15, -0.1) is 0 Å². The molecule has 1 amide bonds. The maximum absolute atomic E-state index is 12.6. The zero-order chi connectivity index (χ0) is 16.4. The van der Waals surface area contributed by atoms with Gasteiger partial charge in [-0.05, 0) is 50.6 Å². The van der Waals surface area contributed by atoms with Crippen molar-refractivity contribution in [3.8, 4) is 5.75 Å². The number of amides is 1. The lowest BCUT2D eigenvalue weighted by Crippen LogP contribution is -2.16. The molecule has 1 N–H and O–H groups in total. The number of nitrogens with zero attached hydrogens (tertiary/aromatic N) is 3. The number of nitrogens with one attached hydrogen (secondary N) is 1. The van der Waals surface area contributed by atoms with Crippen LogP contribution >= 0.6 is 0 Å². The zero-order valence-corrected chi connectivity index (χ0v) is 13.3. The Morgan fingerprint density at radius 3 is 2.91 bits per heavy atom. The van der Waals surface area contributed by atoms with E-state index in [-0.39, 0.29) is 5.91 Å². The number of aryl methyl sites for hydroxylation is 2. The second kappa shape index (κ2) is 6.08. The van der Waals surface area contributed by atoms with Crippen LogP contribution in [0.25, 0.3) is 5.65 Å². The summed E-state index contributed by atoms with van der Waals surface area (Å²) in [6.07, 6.45) is 3.47. The summed E-state index contributed by atoms with van der Waals surface area (Å²) in [5, 5.41) is 2.82. The largest absolute Gasteiger partial charge is 0.490 e. The molecule has 0 aliphatic carbocycles. The first kappa shape index (κ1) is 15.0. The molecule has 0 bridgehead atoms. The highest BCUT2D eigenvalue weighted by molar-refractivity contribution is 6.04. The first-order valence-corrected chi connectivity index (χ1v) is 7.44. The van der Waals surface area contributed by atoms with Gasteiger partial charge in [0, 0.05) is 12.4 Å². The highest BCUT2D eigenvalue weighted by atomic mass is 16.5. The number of anilines is 1. The Morgan fingerprint density at radius 2 is 2.17 bits per heavy atom. The van der Waals surface area contributed by atoms with Gasteiger partial charge < -0.3 is 10.1 Å². The normalized spacial score (nSPS) is 10.7. The van der Waals surface area contributed by atoms with Crippen LogP contribution in [0, 0.1) is 13.8 Å². The summed E-state index contributed by atoms with van der Waals surface area (Å²) in [7, 11) is 0. The highest BCUT2D eigenvalue weighted by Crippen LogP contribution is 2.22. The van der Waals surface area contributed by atoms with E-state index >= 15 is 0 Å². The molecule has 3 rings (SSSR count). The fourth-order valence-corrected chi connectivity index (χ4v) is 2.48. The van der Waals surface area contributed by atoms with Gasteiger partial charge in [0.15, 0.2) is 11.4 Å². The Hall–Kier alpha value is -2.89. The number of fused-ring (bicyclic) bond motifs is 1. The van der Waals surface area contributed by atoms with Gasteiger partial charge in [-0.2, -0.15) is 0 Å². The molecule has 3 aromatic heterocycles. The van der Waals surface area contributed by atoms with Crippen LogP contribution in [0.3, 0.4) is 0 Å². The maximum atomic E-state index is 12.6. The molecular weight excluding hydrogens is 292 g/mol. The summed E-state index contributed by atoms with van der Waals surface area (Å²) >= 11 is 0. The third-order valence-electron chi connectivity index (χ3n) is 3.46. The lowest BCUT2D eigenvalue weighted by molar-refractivity contribution is 0.102. The first-order valence-electron chi connectivity index (χ1n) is 7.44. The minimum Gasteiger partial charge on any atom is -0.490 e. The van der Waals surface area contributed by atoms with Gasteiger partial charge in [0.25, 0.3) is 5.91 Å². The van der Waals surface area contributed by atoms with E-state index < -0.39 is 0 Å². The molecular formula is C17H18N4O2. The van der Waals surface area contributed by atoms with Crippen LogP contribution in [0.5, 0.6) is 5.75 Å². The van der Waals surface area contributed by atoms with Crippen molar-refractivity contribution >= 4 is 17.4 Å². The summed E-state index contributed by atoms with van der Waals surface area (Å²) in [5.41, 5.74) is 2.78. The topological polar surface area (TPSA) is 68.5 Å². The standard InChI is InChI=1S/C17H18N4O2/c1-4-23-13-6-5-9-21-15(12(3)19-16(13)21)17(22)20-14-10-11(2)7-8-18-14/h5-10H,4H2,1-3H3,(H,18,20,22). The number of pyridine rings is 2. The van der Waals surface area contributed by atoms with Crippen molar-refractivity contribution in [3.63, 3.8) is 0 Å². The molecule has 6 heteroatoms. The fourth-order valence-electron chi connectivity index (χ4n) is 2.48. The van der Waals surface area contributed by atoms with E-state index in [1.807, 2.05) is 38.1 Å². The third-order valence-corrected chi connectivity index (χ3v) is 3.46. The Kier molecular flexibility index (Phi) is 3.97. The molecule has 118 valence electrons. The second-order valence-electron chi connectivity index (χ2n) is 5.22. The molecule has 0 fully saturated rings. The van der Waals surface area contributed by atoms with Crippen LogP contribution in [-0.4, -0.2) is 26.9 Å². The molecule has 0 saturated carbocycles. The molecule has 23 heavy (non-hydrogen) atoms. The molecule has 0 aromatic carbocycles. The molecule has 0 unspecified atom stereocenters. The minimum absolute atomic E-state index is 0.248. The number of carbonyl (C=O) groups excluding carboxylic acids is 1. The molecule has 0 saturated heterocycles. The number of rotatable bonds is 4. The Labute approximate surface area is 134 Å². The summed E-state index contributed by atoms with van der Waals surface area (Å²) in [5.74, 6) is 0.929. The number of aromatic nitrogens is 3. The number of imidazole rings is 1. The Morgan fingerprint density at radius 1 is 1.35 bits per heavy atom. The van der Waals surface area contributed by atoms with Crippen molar-refractivity contribution in [1.29, 1.82) is 0 Å². The third kappa shape index (κ3) is 2.88. The van der Waals surface area contributed by atoms with E-state index in [2.05, 4.69) is 15.3 Å². The van der Waals surface area contributed by atoms with E-state index in [0.717, 1.165) is 5.56 Å². The van der Waals surface area contributed by atoms with Crippen LogP contribution < -0.4 is 10.1 Å². The molecule has 0 aliphatic rings. The van der Waals surface area contributed by atoms with E-state index in [1.165, 1.54) is 0 Å². The van der Waals surface area contributed by atoms with E-state index in [4.69, 9.17) is 4.74 Å².